The Bertz CT molecular complexity index is 479. The van der Waals surface area contributed by atoms with Gasteiger partial charge < -0.3 is 4.90 Å². The molecule has 1 amide bonds. The van der Waals surface area contributed by atoms with Gasteiger partial charge >= 0.3 is 0 Å². The summed E-state index contributed by atoms with van der Waals surface area (Å²) in [6.07, 6.45) is 37.7. The van der Waals surface area contributed by atoms with Gasteiger partial charge in [0, 0.05) is 20.5 Å². The number of carbonyl (C=O) groups excluding carboxylic acids is 1. The molecular formula is C32H61NO. The minimum atomic E-state index is 0.314. The minimum absolute atomic E-state index is 0.314. The average Bonchev–Trinajstić information content (AvgIpc) is 2.82. The molecule has 0 aromatic heterocycles. The topological polar surface area (TPSA) is 20.3 Å². The van der Waals surface area contributed by atoms with E-state index in [1.54, 1.807) is 4.90 Å². The quantitative estimate of drug-likeness (QED) is 0.0949. The highest BCUT2D eigenvalue weighted by Crippen LogP contribution is 2.23. The lowest BCUT2D eigenvalue weighted by Gasteiger charge is -2.19. The Labute approximate surface area is 215 Å². The zero-order chi connectivity index (χ0) is 25.1. The van der Waals surface area contributed by atoms with Gasteiger partial charge in [0.1, 0.15) is 0 Å². The Kier molecular flexibility index (Phi) is 25.7. The molecule has 0 saturated heterocycles. The summed E-state index contributed by atoms with van der Waals surface area (Å²) >= 11 is 0. The van der Waals surface area contributed by atoms with E-state index in [9.17, 15) is 4.79 Å². The molecule has 0 spiro atoms. The van der Waals surface area contributed by atoms with E-state index in [0.29, 0.717) is 11.8 Å². The number of carbonyl (C=O) groups is 1. The average molecular weight is 476 g/mol. The first-order valence-corrected chi connectivity index (χ1v) is 15.1. The van der Waals surface area contributed by atoms with Crippen molar-refractivity contribution in [3.05, 3.63) is 24.3 Å². The van der Waals surface area contributed by atoms with Crippen LogP contribution in [0.3, 0.4) is 0 Å². The Morgan fingerprint density at radius 3 is 1.53 bits per heavy atom. The van der Waals surface area contributed by atoms with Crippen LogP contribution in [0.2, 0.25) is 0 Å². The lowest BCUT2D eigenvalue weighted by Crippen LogP contribution is -2.24. The van der Waals surface area contributed by atoms with Gasteiger partial charge in [-0.25, -0.2) is 0 Å². The van der Waals surface area contributed by atoms with Crippen molar-refractivity contribution in [2.75, 3.05) is 14.1 Å². The van der Waals surface area contributed by atoms with Crippen LogP contribution in [0.4, 0.5) is 0 Å². The SMILES string of the molecule is CCCC/C=C\C/C=C\CCCCCCCCCC(CCCCCCCCC)CC(=O)N(C)C. The fraction of sp³-hybridized carbons (Fsp3) is 0.844. The molecule has 0 aliphatic heterocycles. The summed E-state index contributed by atoms with van der Waals surface area (Å²) in [5, 5.41) is 0. The molecule has 34 heavy (non-hydrogen) atoms. The monoisotopic (exact) mass is 475 g/mol. The third kappa shape index (κ3) is 24.1. The van der Waals surface area contributed by atoms with E-state index < -0.39 is 0 Å². The first kappa shape index (κ1) is 33.0. The molecule has 1 atom stereocenters. The van der Waals surface area contributed by atoms with E-state index in [1.807, 2.05) is 14.1 Å². The maximum Gasteiger partial charge on any atom is 0.222 e. The molecule has 0 saturated carbocycles. The molecule has 0 aliphatic rings. The fourth-order valence-electron chi connectivity index (χ4n) is 4.58. The molecule has 200 valence electrons. The summed E-state index contributed by atoms with van der Waals surface area (Å²) < 4.78 is 0. The first-order valence-electron chi connectivity index (χ1n) is 15.1. The van der Waals surface area contributed by atoms with E-state index in [1.165, 1.54) is 128 Å². The van der Waals surface area contributed by atoms with Crippen LogP contribution in [0.25, 0.3) is 0 Å². The largest absolute Gasteiger partial charge is 0.349 e. The summed E-state index contributed by atoms with van der Waals surface area (Å²) in [6.45, 7) is 4.53. The molecule has 2 heteroatoms. The van der Waals surface area contributed by atoms with Crippen molar-refractivity contribution in [1.82, 2.24) is 4.90 Å². The minimum Gasteiger partial charge on any atom is -0.349 e. The van der Waals surface area contributed by atoms with Crippen LogP contribution in [-0.4, -0.2) is 24.9 Å². The molecule has 0 heterocycles. The third-order valence-electron chi connectivity index (χ3n) is 6.99. The standard InChI is InChI=1S/C32H61NO/c1-5-7-9-11-13-14-15-16-17-18-19-20-21-23-25-27-29-31(30-32(34)33(3)4)28-26-24-22-12-10-8-6-2/h11,13,15-16,31H,5-10,12,14,17-30H2,1-4H3/b13-11-,16-15-. The van der Waals surface area contributed by atoms with E-state index >= 15 is 0 Å². The van der Waals surface area contributed by atoms with E-state index in [4.69, 9.17) is 0 Å². The van der Waals surface area contributed by atoms with Gasteiger partial charge in [0.05, 0.1) is 0 Å². The molecule has 0 aliphatic carbocycles. The van der Waals surface area contributed by atoms with Crippen LogP contribution in [0.5, 0.6) is 0 Å². The van der Waals surface area contributed by atoms with Crippen LogP contribution in [0.1, 0.15) is 155 Å². The molecule has 0 fully saturated rings. The normalized spacial score (nSPS) is 12.7. The number of hydrogen-bond acceptors (Lipinski definition) is 1. The van der Waals surface area contributed by atoms with Gasteiger partial charge in [-0.05, 0) is 44.4 Å². The Morgan fingerprint density at radius 1 is 0.588 bits per heavy atom. The molecule has 2 nitrogen and oxygen atoms in total. The molecule has 0 aromatic rings. The predicted molar refractivity (Wildman–Crippen MR) is 153 cm³/mol. The molecule has 0 bridgehead atoms. The van der Waals surface area contributed by atoms with E-state index in [0.717, 1.165) is 12.8 Å². The summed E-state index contributed by atoms with van der Waals surface area (Å²) in [4.78, 5) is 14.0. The van der Waals surface area contributed by atoms with Crippen molar-refractivity contribution in [1.29, 1.82) is 0 Å². The van der Waals surface area contributed by atoms with E-state index in [2.05, 4.69) is 38.2 Å². The van der Waals surface area contributed by atoms with Gasteiger partial charge in [-0.1, -0.05) is 134 Å². The third-order valence-corrected chi connectivity index (χ3v) is 6.99. The molecule has 1 unspecified atom stereocenters. The molecule has 0 N–H and O–H groups in total. The second-order valence-electron chi connectivity index (χ2n) is 10.6. The number of amides is 1. The second-order valence-corrected chi connectivity index (χ2v) is 10.6. The highest BCUT2D eigenvalue weighted by molar-refractivity contribution is 5.75. The molecule has 0 rings (SSSR count). The molecule has 0 aromatic carbocycles. The second kappa shape index (κ2) is 26.6. The number of unbranched alkanes of at least 4 members (excludes halogenated alkanes) is 15. The van der Waals surface area contributed by atoms with Gasteiger partial charge in [0.25, 0.3) is 0 Å². The van der Waals surface area contributed by atoms with Crippen LogP contribution >= 0.6 is 0 Å². The maximum atomic E-state index is 12.3. The molecule has 0 radical (unpaired) electrons. The zero-order valence-electron chi connectivity index (χ0n) is 23.8. The summed E-state index contributed by atoms with van der Waals surface area (Å²) in [6, 6.07) is 0. The van der Waals surface area contributed by atoms with Gasteiger partial charge in [0.15, 0.2) is 0 Å². The summed E-state index contributed by atoms with van der Waals surface area (Å²) in [7, 11) is 3.79. The van der Waals surface area contributed by atoms with Crippen molar-refractivity contribution < 1.29 is 4.79 Å². The van der Waals surface area contributed by atoms with Crippen molar-refractivity contribution in [3.63, 3.8) is 0 Å². The summed E-state index contributed by atoms with van der Waals surface area (Å²) in [5.41, 5.74) is 0. The van der Waals surface area contributed by atoms with Crippen molar-refractivity contribution >= 4 is 5.91 Å². The first-order chi connectivity index (χ1) is 16.6. The fourth-order valence-corrected chi connectivity index (χ4v) is 4.58. The Hall–Kier alpha value is -1.05. The number of nitrogens with zero attached hydrogens (tertiary/aromatic N) is 1. The lowest BCUT2D eigenvalue weighted by atomic mass is 9.91. The van der Waals surface area contributed by atoms with Crippen molar-refractivity contribution in [2.45, 2.75) is 155 Å². The van der Waals surface area contributed by atoms with Crippen LogP contribution < -0.4 is 0 Å². The number of allylic oxidation sites excluding steroid dienone is 4. The van der Waals surface area contributed by atoms with E-state index in [-0.39, 0.29) is 0 Å². The summed E-state index contributed by atoms with van der Waals surface area (Å²) in [5.74, 6) is 0.910. The van der Waals surface area contributed by atoms with Crippen molar-refractivity contribution in [2.24, 2.45) is 5.92 Å². The smallest absolute Gasteiger partial charge is 0.222 e. The highest BCUT2D eigenvalue weighted by atomic mass is 16.2. The van der Waals surface area contributed by atoms with Gasteiger partial charge in [0.2, 0.25) is 5.91 Å². The van der Waals surface area contributed by atoms with Crippen LogP contribution in [0, 0.1) is 5.92 Å². The lowest BCUT2D eigenvalue weighted by molar-refractivity contribution is -0.129. The van der Waals surface area contributed by atoms with Crippen molar-refractivity contribution in [3.8, 4) is 0 Å². The Balaban J connectivity index is 3.76. The van der Waals surface area contributed by atoms with Gasteiger partial charge in [-0.15, -0.1) is 0 Å². The van der Waals surface area contributed by atoms with Crippen LogP contribution in [-0.2, 0) is 4.79 Å². The zero-order valence-corrected chi connectivity index (χ0v) is 23.8. The van der Waals surface area contributed by atoms with Crippen LogP contribution in [0.15, 0.2) is 24.3 Å². The number of rotatable bonds is 25. The van der Waals surface area contributed by atoms with Gasteiger partial charge in [-0.2, -0.15) is 0 Å². The highest BCUT2D eigenvalue weighted by Gasteiger charge is 2.15. The van der Waals surface area contributed by atoms with Gasteiger partial charge in [-0.3, -0.25) is 4.79 Å². The maximum absolute atomic E-state index is 12.3. The molecular weight excluding hydrogens is 414 g/mol. The predicted octanol–water partition coefficient (Wildman–Crippen LogP) is 10.4. The Morgan fingerprint density at radius 2 is 1.03 bits per heavy atom. The number of hydrogen-bond donors (Lipinski definition) is 0.